The van der Waals surface area contributed by atoms with Gasteiger partial charge in [0.25, 0.3) is 0 Å². The number of sulfonamides is 1. The highest BCUT2D eigenvalue weighted by Crippen LogP contribution is 2.26. The van der Waals surface area contributed by atoms with Gasteiger partial charge < -0.3 is 5.32 Å². The molecule has 0 aromatic heterocycles. The largest absolute Gasteiger partial charge is 0.314 e. The Bertz CT molecular complexity index is 729. The first-order valence-electron chi connectivity index (χ1n) is 7.67. The second kappa shape index (κ2) is 8.00. The summed E-state index contributed by atoms with van der Waals surface area (Å²) < 4.78 is 27.1. The first-order valence-corrected chi connectivity index (χ1v) is 9.49. The second-order valence-corrected chi connectivity index (χ2v) is 8.19. The molecular formula is C15H20Cl2N4O2S. The van der Waals surface area contributed by atoms with E-state index < -0.39 is 10.0 Å². The van der Waals surface area contributed by atoms with Gasteiger partial charge in [-0.3, -0.25) is 4.90 Å². The minimum atomic E-state index is -3.58. The first kappa shape index (κ1) is 19.4. The summed E-state index contributed by atoms with van der Waals surface area (Å²) in [6.07, 6.45) is 0.845. The minimum absolute atomic E-state index is 0. The van der Waals surface area contributed by atoms with Crippen molar-refractivity contribution in [1.82, 2.24) is 14.5 Å². The molecule has 1 atom stereocenters. The van der Waals surface area contributed by atoms with E-state index >= 15 is 0 Å². The van der Waals surface area contributed by atoms with Crippen molar-refractivity contribution in [3.05, 3.63) is 28.8 Å². The van der Waals surface area contributed by atoms with Gasteiger partial charge in [0.1, 0.15) is 6.07 Å². The van der Waals surface area contributed by atoms with Crippen LogP contribution < -0.4 is 5.32 Å². The van der Waals surface area contributed by atoms with E-state index in [0.717, 1.165) is 32.6 Å². The number of rotatable bonds is 3. The van der Waals surface area contributed by atoms with Crippen LogP contribution in [0, 0.1) is 11.3 Å². The fourth-order valence-electron chi connectivity index (χ4n) is 3.17. The third kappa shape index (κ3) is 3.85. The molecule has 24 heavy (non-hydrogen) atoms. The maximum Gasteiger partial charge on any atom is 0.243 e. The van der Waals surface area contributed by atoms with Gasteiger partial charge in [0, 0.05) is 45.3 Å². The Balaban J connectivity index is 0.00000208. The van der Waals surface area contributed by atoms with Crippen molar-refractivity contribution < 1.29 is 8.42 Å². The number of nitriles is 1. The van der Waals surface area contributed by atoms with E-state index in [4.69, 9.17) is 16.9 Å². The standard InChI is InChI=1S/C15H19ClN4O2S.ClH/c16-15-2-1-14(9-12(15)10-17)23(21,22)20-6-3-13(11-20)19-7-4-18-5-8-19;/h1-2,9,13,18H,3-8,11H2;1H. The molecule has 132 valence electrons. The smallest absolute Gasteiger partial charge is 0.243 e. The average Bonchev–Trinajstić information content (AvgIpc) is 3.07. The zero-order chi connectivity index (χ0) is 16.4. The van der Waals surface area contributed by atoms with Crippen molar-refractivity contribution in [2.24, 2.45) is 0 Å². The first-order chi connectivity index (χ1) is 11.0. The van der Waals surface area contributed by atoms with E-state index in [9.17, 15) is 8.42 Å². The summed E-state index contributed by atoms with van der Waals surface area (Å²) in [4.78, 5) is 2.49. The third-order valence-corrected chi connectivity index (χ3v) is 6.68. The highest BCUT2D eigenvalue weighted by atomic mass is 35.5. The lowest BCUT2D eigenvalue weighted by molar-refractivity contribution is 0.179. The Kier molecular flexibility index (Phi) is 6.48. The Morgan fingerprint density at radius 1 is 1.25 bits per heavy atom. The summed E-state index contributed by atoms with van der Waals surface area (Å²) in [6, 6.07) is 6.50. The molecule has 6 nitrogen and oxygen atoms in total. The van der Waals surface area contributed by atoms with E-state index in [2.05, 4.69) is 10.2 Å². The Morgan fingerprint density at radius 2 is 1.96 bits per heavy atom. The summed E-state index contributed by atoms with van der Waals surface area (Å²) in [5, 5.41) is 12.6. The molecule has 2 saturated heterocycles. The molecule has 0 radical (unpaired) electrons. The highest BCUT2D eigenvalue weighted by Gasteiger charge is 2.35. The maximum atomic E-state index is 12.8. The number of hydrogen-bond acceptors (Lipinski definition) is 5. The molecule has 2 heterocycles. The quantitative estimate of drug-likeness (QED) is 0.841. The normalized spacial score (nSPS) is 22.8. The Hall–Kier alpha value is -0.880. The van der Waals surface area contributed by atoms with Crippen molar-refractivity contribution in [1.29, 1.82) is 5.26 Å². The van der Waals surface area contributed by atoms with Crippen LogP contribution in [0.5, 0.6) is 0 Å². The summed E-state index contributed by atoms with van der Waals surface area (Å²) in [5.41, 5.74) is 0.186. The summed E-state index contributed by atoms with van der Waals surface area (Å²) in [6.45, 7) is 4.84. The fraction of sp³-hybridized carbons (Fsp3) is 0.533. The zero-order valence-corrected chi connectivity index (χ0v) is 15.5. The molecule has 1 aromatic rings. The van der Waals surface area contributed by atoms with Gasteiger partial charge in [-0.05, 0) is 24.6 Å². The predicted molar refractivity (Wildman–Crippen MR) is 95.0 cm³/mol. The lowest BCUT2D eigenvalue weighted by Crippen LogP contribution is -2.49. The van der Waals surface area contributed by atoms with Crippen molar-refractivity contribution in [3.63, 3.8) is 0 Å². The van der Waals surface area contributed by atoms with Crippen LogP contribution in [0.2, 0.25) is 5.02 Å². The highest BCUT2D eigenvalue weighted by molar-refractivity contribution is 7.89. The molecule has 2 fully saturated rings. The number of halogens is 2. The molecule has 0 aliphatic carbocycles. The predicted octanol–water partition coefficient (Wildman–Crippen LogP) is 1.30. The van der Waals surface area contributed by atoms with Gasteiger partial charge in [-0.25, -0.2) is 8.42 Å². The lowest BCUT2D eigenvalue weighted by Gasteiger charge is -2.32. The molecule has 1 unspecified atom stereocenters. The molecule has 1 aromatic carbocycles. The summed E-state index contributed by atoms with van der Waals surface area (Å²) >= 11 is 5.89. The van der Waals surface area contributed by atoms with Crippen LogP contribution in [-0.4, -0.2) is 62.9 Å². The second-order valence-electron chi connectivity index (χ2n) is 5.84. The van der Waals surface area contributed by atoms with E-state index in [1.165, 1.54) is 22.5 Å². The fourth-order valence-corrected chi connectivity index (χ4v) is 4.85. The molecule has 9 heteroatoms. The number of nitrogens with one attached hydrogen (secondary N) is 1. The Labute approximate surface area is 153 Å². The van der Waals surface area contributed by atoms with Gasteiger partial charge in [-0.15, -0.1) is 12.4 Å². The summed E-state index contributed by atoms with van der Waals surface area (Å²) in [5.74, 6) is 0. The van der Waals surface area contributed by atoms with Crippen LogP contribution in [-0.2, 0) is 10.0 Å². The molecule has 0 bridgehead atoms. The van der Waals surface area contributed by atoms with E-state index in [1.807, 2.05) is 6.07 Å². The van der Waals surface area contributed by atoms with Gasteiger partial charge >= 0.3 is 0 Å². The van der Waals surface area contributed by atoms with Crippen LogP contribution in [0.3, 0.4) is 0 Å². The molecule has 1 N–H and O–H groups in total. The number of benzene rings is 1. The lowest BCUT2D eigenvalue weighted by atomic mass is 10.2. The average molecular weight is 391 g/mol. The van der Waals surface area contributed by atoms with Gasteiger partial charge in [0.05, 0.1) is 15.5 Å². The SMILES string of the molecule is Cl.N#Cc1cc(S(=O)(=O)N2CCC(N3CCNCC3)C2)ccc1Cl. The molecule has 0 amide bonds. The van der Waals surface area contributed by atoms with Gasteiger partial charge in [0.2, 0.25) is 10.0 Å². The van der Waals surface area contributed by atoms with Crippen molar-refractivity contribution >= 4 is 34.0 Å². The van der Waals surface area contributed by atoms with Crippen LogP contribution in [0.25, 0.3) is 0 Å². The molecule has 3 rings (SSSR count). The van der Waals surface area contributed by atoms with Gasteiger partial charge in [0.15, 0.2) is 0 Å². The van der Waals surface area contributed by atoms with Crippen LogP contribution in [0.1, 0.15) is 12.0 Å². The van der Waals surface area contributed by atoms with Crippen LogP contribution in [0.4, 0.5) is 0 Å². The maximum absolute atomic E-state index is 12.8. The molecule has 2 aliphatic rings. The number of hydrogen-bond donors (Lipinski definition) is 1. The molecule has 0 spiro atoms. The number of nitrogens with zero attached hydrogens (tertiary/aromatic N) is 3. The third-order valence-electron chi connectivity index (χ3n) is 4.49. The van der Waals surface area contributed by atoms with Crippen molar-refractivity contribution in [3.8, 4) is 6.07 Å². The van der Waals surface area contributed by atoms with E-state index in [1.54, 1.807) is 0 Å². The van der Waals surface area contributed by atoms with Crippen molar-refractivity contribution in [2.75, 3.05) is 39.3 Å². The van der Waals surface area contributed by atoms with Crippen LogP contribution >= 0.6 is 24.0 Å². The molecular weight excluding hydrogens is 371 g/mol. The van der Waals surface area contributed by atoms with E-state index in [-0.39, 0.29) is 33.9 Å². The monoisotopic (exact) mass is 390 g/mol. The number of piperazine rings is 1. The van der Waals surface area contributed by atoms with Gasteiger partial charge in [-0.2, -0.15) is 9.57 Å². The summed E-state index contributed by atoms with van der Waals surface area (Å²) in [7, 11) is -3.58. The van der Waals surface area contributed by atoms with Crippen molar-refractivity contribution in [2.45, 2.75) is 17.4 Å². The Morgan fingerprint density at radius 3 is 2.62 bits per heavy atom. The zero-order valence-electron chi connectivity index (χ0n) is 13.1. The molecule has 0 saturated carbocycles. The topological polar surface area (TPSA) is 76.4 Å². The minimum Gasteiger partial charge on any atom is -0.314 e. The van der Waals surface area contributed by atoms with E-state index in [0.29, 0.717) is 13.1 Å². The van der Waals surface area contributed by atoms with Gasteiger partial charge in [-0.1, -0.05) is 11.6 Å². The molecule has 2 aliphatic heterocycles. The van der Waals surface area contributed by atoms with Crippen LogP contribution in [0.15, 0.2) is 23.1 Å².